The quantitative estimate of drug-likeness (QED) is 0.244. The second kappa shape index (κ2) is 41.5. The fraction of sp³-hybridized carbons (Fsp3) is 1.00. The molecule has 11 aliphatic rings. The molecule has 53 heavy (non-hydrogen) atoms. The van der Waals surface area contributed by atoms with E-state index < -0.39 is 0 Å². The van der Waals surface area contributed by atoms with E-state index in [0.29, 0.717) is 0 Å². The summed E-state index contributed by atoms with van der Waals surface area (Å²) in [6, 6.07) is 0. The number of hydrogen-bond acceptors (Lipinski definition) is 4. The smallest absolute Gasteiger partial charge is 0.00161 e. The molecule has 4 nitrogen and oxygen atoms in total. The van der Waals surface area contributed by atoms with Gasteiger partial charge in [-0.2, -0.15) is 0 Å². The molecule has 8 saturated heterocycles. The van der Waals surface area contributed by atoms with Crippen molar-refractivity contribution in [3.05, 3.63) is 0 Å². The van der Waals surface area contributed by atoms with Crippen LogP contribution in [0.2, 0.25) is 0 Å². The van der Waals surface area contributed by atoms with Gasteiger partial charge in [-0.05, 0) is 167 Å². The zero-order chi connectivity index (χ0) is 40.0. The van der Waals surface area contributed by atoms with Crippen molar-refractivity contribution in [2.45, 2.75) is 217 Å². The number of nitrogens with zero attached hydrogens (tertiary/aromatic N) is 4. The molecule has 0 aromatic carbocycles. The summed E-state index contributed by atoms with van der Waals surface area (Å²) >= 11 is 0. The van der Waals surface area contributed by atoms with Crippen LogP contribution in [0.25, 0.3) is 0 Å². The van der Waals surface area contributed by atoms with Crippen LogP contribution in [0.5, 0.6) is 0 Å². The van der Waals surface area contributed by atoms with E-state index >= 15 is 0 Å². The van der Waals surface area contributed by atoms with Gasteiger partial charge in [0.2, 0.25) is 0 Å². The molecule has 322 valence electrons. The predicted octanol–water partition coefficient (Wildman–Crippen LogP) is 14.1. The highest BCUT2D eigenvalue weighted by atomic mass is 15.1. The van der Waals surface area contributed by atoms with Gasteiger partial charge in [0.1, 0.15) is 0 Å². The Kier molecular flexibility index (Phi) is 43.0. The lowest BCUT2D eigenvalue weighted by molar-refractivity contribution is 0.111. The van der Waals surface area contributed by atoms with Gasteiger partial charge in [-0.15, -0.1) is 0 Å². The third-order valence-corrected chi connectivity index (χ3v) is 11.2. The number of hydrogen-bond donors (Lipinski definition) is 0. The van der Waals surface area contributed by atoms with Crippen molar-refractivity contribution >= 4 is 0 Å². The average molecular weight is 751 g/mol. The molecule has 3 saturated carbocycles. The SMILES string of the molecule is C1CC2CCC(C1)CC2.C1CN2CCC1CC2.C1CN2CCC1CC2.CCC.CCC.CCC.CCC.CCC.CN1CCCC1.CN1CCCCC1. The molecule has 8 aliphatic heterocycles. The van der Waals surface area contributed by atoms with E-state index in [1.807, 2.05) is 0 Å². The van der Waals surface area contributed by atoms with Crippen LogP contribution in [-0.4, -0.2) is 99.1 Å². The lowest BCUT2D eigenvalue weighted by atomic mass is 9.84. The second-order valence-corrected chi connectivity index (χ2v) is 17.9. The second-order valence-electron chi connectivity index (χ2n) is 17.9. The summed E-state index contributed by atoms with van der Waals surface area (Å²) in [5.74, 6) is 4.51. The minimum atomic E-state index is 1.11. The van der Waals surface area contributed by atoms with Crippen molar-refractivity contribution in [1.82, 2.24) is 19.6 Å². The topological polar surface area (TPSA) is 13.0 Å². The fourth-order valence-corrected chi connectivity index (χ4v) is 8.16. The Morgan fingerprint density at radius 3 is 0.604 bits per heavy atom. The number of rotatable bonds is 0. The summed E-state index contributed by atoms with van der Waals surface area (Å²) in [5, 5.41) is 0. The van der Waals surface area contributed by atoms with E-state index in [9.17, 15) is 0 Å². The minimum absolute atomic E-state index is 1.11. The Labute approximate surface area is 338 Å². The molecule has 0 N–H and O–H groups in total. The number of fused-ring (bicyclic) bond motifs is 10. The first-order valence-electron chi connectivity index (χ1n) is 24.5. The zero-order valence-corrected chi connectivity index (χ0v) is 39.4. The maximum Gasteiger partial charge on any atom is -0.00161 e. The van der Waals surface area contributed by atoms with Crippen LogP contribution in [0.3, 0.4) is 0 Å². The standard InChI is InChI=1S/C9H16.2C7H13N.C6H13N.C5H11N.5C3H8/c1-2-8-4-6-9(3-1)7-5-8;2*1-4-8-5-2-7(1)3-6-8;1-7-5-3-2-4-6-7;1-6-4-2-3-5-6;5*1-3-2/h8-9H,1-7H2;2*7H,1-6H2;2-6H2,1H3;2-5H2,1H3;5*3H2,1-2H3. The maximum absolute atomic E-state index is 2.58. The van der Waals surface area contributed by atoms with Crippen molar-refractivity contribution < 1.29 is 0 Å². The molecule has 6 bridgehead atoms. The number of piperidine rings is 7. The molecule has 3 aliphatic carbocycles. The monoisotopic (exact) mass is 751 g/mol. The van der Waals surface area contributed by atoms with Gasteiger partial charge in [0.25, 0.3) is 0 Å². The highest BCUT2D eigenvalue weighted by Crippen LogP contribution is 2.38. The van der Waals surface area contributed by atoms with E-state index in [4.69, 9.17) is 0 Å². The molecule has 0 atom stereocenters. The van der Waals surface area contributed by atoms with E-state index in [1.165, 1.54) is 175 Å². The molecular weight excluding hydrogens is 645 g/mol. The Morgan fingerprint density at radius 2 is 0.472 bits per heavy atom. The van der Waals surface area contributed by atoms with Gasteiger partial charge in [-0.3, -0.25) is 0 Å². The Morgan fingerprint density at radius 1 is 0.264 bits per heavy atom. The van der Waals surface area contributed by atoms with E-state index in [-0.39, 0.29) is 0 Å². The predicted molar refractivity (Wildman–Crippen MR) is 245 cm³/mol. The summed E-state index contributed by atoms with van der Waals surface area (Å²) in [7, 11) is 4.37. The van der Waals surface area contributed by atoms with Crippen molar-refractivity contribution in [1.29, 1.82) is 0 Å². The molecule has 8 heterocycles. The summed E-state index contributed by atoms with van der Waals surface area (Å²) in [4.78, 5) is 9.92. The maximum atomic E-state index is 2.58. The van der Waals surface area contributed by atoms with Gasteiger partial charge in [-0.1, -0.05) is 153 Å². The van der Waals surface area contributed by atoms with Crippen LogP contribution in [0, 0.1) is 23.7 Å². The Balaban J connectivity index is 0. The molecule has 0 aromatic heterocycles. The van der Waals surface area contributed by atoms with Crippen LogP contribution in [0.15, 0.2) is 0 Å². The minimum Gasteiger partial charge on any atom is -0.306 e. The first kappa shape index (κ1) is 54.9. The Hall–Kier alpha value is -0.160. The van der Waals surface area contributed by atoms with Gasteiger partial charge in [0.15, 0.2) is 0 Å². The van der Waals surface area contributed by atoms with Crippen LogP contribution in [0.1, 0.15) is 217 Å². The first-order valence-corrected chi connectivity index (χ1v) is 24.5. The summed E-state index contributed by atoms with van der Waals surface area (Å²) < 4.78 is 0. The molecule has 11 fully saturated rings. The first-order chi connectivity index (χ1) is 25.7. The third-order valence-electron chi connectivity index (χ3n) is 11.2. The molecule has 0 radical (unpaired) electrons. The lowest BCUT2D eigenvalue weighted by Crippen LogP contribution is -2.41. The molecule has 0 unspecified atom stereocenters. The summed E-state index contributed by atoms with van der Waals surface area (Å²) in [6.07, 6.45) is 33.2. The van der Waals surface area contributed by atoms with Gasteiger partial charge >= 0.3 is 0 Å². The van der Waals surface area contributed by atoms with E-state index in [2.05, 4.69) is 103 Å². The molecule has 0 aromatic rings. The number of likely N-dealkylation sites (tertiary alicyclic amines) is 2. The molecular formula is C49H106N4. The van der Waals surface area contributed by atoms with Crippen LogP contribution < -0.4 is 0 Å². The summed E-state index contributed by atoms with van der Waals surface area (Å²) in [6.45, 7) is 34.9. The third kappa shape index (κ3) is 34.8. The van der Waals surface area contributed by atoms with Gasteiger partial charge in [-0.25, -0.2) is 0 Å². The van der Waals surface area contributed by atoms with E-state index in [1.54, 1.807) is 38.5 Å². The molecule has 0 amide bonds. The molecule has 11 rings (SSSR count). The van der Waals surface area contributed by atoms with Gasteiger partial charge < -0.3 is 19.6 Å². The van der Waals surface area contributed by atoms with Crippen molar-refractivity contribution in [3.8, 4) is 0 Å². The normalized spacial score (nSPS) is 28.8. The highest BCUT2D eigenvalue weighted by Gasteiger charge is 2.26. The average Bonchev–Trinajstić information content (AvgIpc) is 3.42. The van der Waals surface area contributed by atoms with Crippen molar-refractivity contribution in [2.75, 3.05) is 79.5 Å². The van der Waals surface area contributed by atoms with Gasteiger partial charge in [0.05, 0.1) is 0 Å². The molecule has 4 heteroatoms. The van der Waals surface area contributed by atoms with Crippen molar-refractivity contribution in [3.63, 3.8) is 0 Å². The largest absolute Gasteiger partial charge is 0.306 e. The zero-order valence-electron chi connectivity index (χ0n) is 39.4. The van der Waals surface area contributed by atoms with Crippen LogP contribution in [0.4, 0.5) is 0 Å². The lowest BCUT2D eigenvalue weighted by Gasteiger charge is -2.38. The fourth-order valence-electron chi connectivity index (χ4n) is 8.16. The van der Waals surface area contributed by atoms with Gasteiger partial charge in [0, 0.05) is 0 Å². The van der Waals surface area contributed by atoms with Crippen LogP contribution in [-0.2, 0) is 0 Å². The van der Waals surface area contributed by atoms with E-state index in [0.717, 1.165) is 23.7 Å². The summed E-state index contributed by atoms with van der Waals surface area (Å²) in [5.41, 5.74) is 0. The van der Waals surface area contributed by atoms with Crippen LogP contribution >= 0.6 is 0 Å². The van der Waals surface area contributed by atoms with Crippen molar-refractivity contribution in [2.24, 2.45) is 23.7 Å². The molecule has 0 spiro atoms. The Bertz CT molecular complexity index is 550. The highest BCUT2D eigenvalue weighted by molar-refractivity contribution is 4.80.